The quantitative estimate of drug-likeness (QED) is 0.903. The molecule has 1 aromatic heterocycles. The largest absolute Gasteiger partial charge is 0.378 e. The first-order valence-electron chi connectivity index (χ1n) is 4.26. The number of pyridine rings is 1. The molecule has 78 valence electrons. The van der Waals surface area contributed by atoms with Crippen molar-refractivity contribution in [1.82, 2.24) is 4.98 Å². The number of halogens is 3. The van der Waals surface area contributed by atoms with Crippen LogP contribution >= 0.6 is 15.9 Å². The van der Waals surface area contributed by atoms with Gasteiger partial charge in [0.25, 0.3) is 5.92 Å². The molecule has 0 aliphatic heterocycles. The summed E-state index contributed by atoms with van der Waals surface area (Å²) in [7, 11) is 0. The molecule has 0 saturated carbocycles. The van der Waals surface area contributed by atoms with Gasteiger partial charge in [0.1, 0.15) is 0 Å². The number of aromatic nitrogens is 1. The van der Waals surface area contributed by atoms with Crippen LogP contribution in [-0.2, 0) is 0 Å². The molecule has 0 fully saturated rings. The second-order valence-electron chi connectivity index (χ2n) is 2.92. The zero-order chi connectivity index (χ0) is 10.6. The van der Waals surface area contributed by atoms with Gasteiger partial charge >= 0.3 is 0 Å². The normalized spacial score (nSPS) is 11.4. The highest BCUT2D eigenvalue weighted by Gasteiger charge is 2.25. The minimum Gasteiger partial charge on any atom is -0.378 e. The molecular weight excluding hydrogens is 254 g/mol. The second-order valence-corrected chi connectivity index (χ2v) is 3.77. The summed E-state index contributed by atoms with van der Waals surface area (Å²) in [5.74, 6) is -2.66. The van der Waals surface area contributed by atoms with Gasteiger partial charge in [0.15, 0.2) is 0 Å². The lowest BCUT2D eigenvalue weighted by Crippen LogP contribution is -2.26. The van der Waals surface area contributed by atoms with Crippen LogP contribution in [0.5, 0.6) is 0 Å². The molecule has 0 aromatic carbocycles. The summed E-state index contributed by atoms with van der Waals surface area (Å²) in [5, 5.41) is 2.67. The highest BCUT2D eigenvalue weighted by molar-refractivity contribution is 9.10. The first kappa shape index (κ1) is 11.4. The van der Waals surface area contributed by atoms with Crippen molar-refractivity contribution in [2.45, 2.75) is 19.3 Å². The summed E-state index contributed by atoms with van der Waals surface area (Å²) < 4.78 is 26.4. The van der Waals surface area contributed by atoms with Gasteiger partial charge in [-0.3, -0.25) is 4.98 Å². The van der Waals surface area contributed by atoms with Gasteiger partial charge in [-0.05, 0) is 22.0 Å². The molecule has 14 heavy (non-hydrogen) atoms. The Bertz CT molecular complexity index is 305. The molecular formula is C9H11BrF2N2. The van der Waals surface area contributed by atoms with E-state index in [1.165, 1.54) is 6.92 Å². The molecule has 0 amide bonds. The summed E-state index contributed by atoms with van der Waals surface area (Å²) in [6.45, 7) is 1.11. The Kier molecular flexibility index (Phi) is 3.80. The Morgan fingerprint density at radius 2 is 2.29 bits per heavy atom. The number of nitrogens with one attached hydrogen (secondary N) is 1. The number of alkyl halides is 2. The average Bonchev–Trinajstić information content (AvgIpc) is 2.17. The first-order valence-corrected chi connectivity index (χ1v) is 5.05. The Hall–Kier alpha value is -0.710. The predicted molar refractivity (Wildman–Crippen MR) is 55.7 cm³/mol. The first-order chi connectivity index (χ1) is 6.55. The van der Waals surface area contributed by atoms with Crippen molar-refractivity contribution in [3.63, 3.8) is 0 Å². The third kappa shape index (κ3) is 3.21. The fraction of sp³-hybridized carbons (Fsp3) is 0.444. The van der Waals surface area contributed by atoms with E-state index < -0.39 is 5.92 Å². The number of nitrogens with zero attached hydrogens (tertiary/aromatic N) is 1. The summed E-state index contributed by atoms with van der Waals surface area (Å²) in [5.41, 5.74) is 0.633. The van der Waals surface area contributed by atoms with Crippen molar-refractivity contribution >= 4 is 21.6 Å². The minimum absolute atomic E-state index is 0.164. The molecule has 0 unspecified atom stereocenters. The van der Waals surface area contributed by atoms with Crippen molar-refractivity contribution in [3.05, 3.63) is 22.9 Å². The third-order valence-corrected chi connectivity index (χ3v) is 2.46. The third-order valence-electron chi connectivity index (χ3n) is 1.83. The molecule has 0 atom stereocenters. The second kappa shape index (κ2) is 4.68. The van der Waals surface area contributed by atoms with E-state index in [0.717, 1.165) is 0 Å². The molecule has 0 radical (unpaired) electrons. The fourth-order valence-electron chi connectivity index (χ4n) is 0.868. The maximum absolute atomic E-state index is 12.9. The van der Waals surface area contributed by atoms with E-state index in [-0.39, 0.29) is 13.0 Å². The molecule has 0 bridgehead atoms. The Labute approximate surface area is 89.9 Å². The highest BCUT2D eigenvalue weighted by Crippen LogP contribution is 2.23. The zero-order valence-electron chi connectivity index (χ0n) is 7.73. The standard InChI is InChI=1S/C9H11BrF2N2/c1-2-9(11,12)6-14-8-3-4-13-5-7(8)10/h3-5H,2,6H2,1H3,(H,13,14). The molecule has 2 nitrogen and oxygen atoms in total. The molecule has 1 rings (SSSR count). The Morgan fingerprint density at radius 1 is 1.57 bits per heavy atom. The van der Waals surface area contributed by atoms with Gasteiger partial charge in [0, 0.05) is 18.8 Å². The number of hydrogen-bond donors (Lipinski definition) is 1. The van der Waals surface area contributed by atoms with E-state index >= 15 is 0 Å². The van der Waals surface area contributed by atoms with E-state index in [9.17, 15) is 8.78 Å². The molecule has 0 aliphatic rings. The molecule has 1 N–H and O–H groups in total. The smallest absolute Gasteiger partial charge is 0.264 e. The summed E-state index contributed by atoms with van der Waals surface area (Å²) in [6, 6.07) is 1.65. The van der Waals surface area contributed by atoms with Crippen LogP contribution in [-0.4, -0.2) is 17.5 Å². The van der Waals surface area contributed by atoms with Crippen LogP contribution in [0.3, 0.4) is 0 Å². The van der Waals surface area contributed by atoms with Crippen LogP contribution < -0.4 is 5.32 Å². The maximum atomic E-state index is 12.9. The van der Waals surface area contributed by atoms with Crippen molar-refractivity contribution in [2.24, 2.45) is 0 Å². The van der Waals surface area contributed by atoms with Crippen molar-refractivity contribution in [1.29, 1.82) is 0 Å². The molecule has 0 aliphatic carbocycles. The summed E-state index contributed by atoms with van der Waals surface area (Å²) in [6.07, 6.45) is 2.95. The molecule has 0 spiro atoms. The van der Waals surface area contributed by atoms with E-state index in [0.29, 0.717) is 10.2 Å². The molecule has 5 heteroatoms. The van der Waals surface area contributed by atoms with Gasteiger partial charge in [0.05, 0.1) is 16.7 Å². The Morgan fingerprint density at radius 3 is 2.86 bits per heavy atom. The topological polar surface area (TPSA) is 24.9 Å². The van der Waals surface area contributed by atoms with Gasteiger partial charge in [-0.25, -0.2) is 8.78 Å². The fourth-order valence-corrected chi connectivity index (χ4v) is 1.26. The Balaban J connectivity index is 2.58. The van der Waals surface area contributed by atoms with E-state index in [1.54, 1.807) is 18.5 Å². The van der Waals surface area contributed by atoms with Crippen LogP contribution in [0, 0.1) is 0 Å². The predicted octanol–water partition coefficient (Wildman–Crippen LogP) is 3.30. The monoisotopic (exact) mass is 264 g/mol. The number of hydrogen-bond acceptors (Lipinski definition) is 2. The lowest BCUT2D eigenvalue weighted by molar-refractivity contribution is 0.0116. The molecule has 0 saturated heterocycles. The lowest BCUT2D eigenvalue weighted by Gasteiger charge is -2.16. The van der Waals surface area contributed by atoms with Crippen LogP contribution in [0.1, 0.15) is 13.3 Å². The van der Waals surface area contributed by atoms with Gasteiger partial charge in [-0.15, -0.1) is 0 Å². The van der Waals surface area contributed by atoms with Crippen LogP contribution in [0.15, 0.2) is 22.9 Å². The lowest BCUT2D eigenvalue weighted by atomic mass is 10.2. The van der Waals surface area contributed by atoms with Crippen LogP contribution in [0.2, 0.25) is 0 Å². The summed E-state index contributed by atoms with van der Waals surface area (Å²) in [4.78, 5) is 3.84. The van der Waals surface area contributed by atoms with Crippen molar-refractivity contribution < 1.29 is 8.78 Å². The van der Waals surface area contributed by atoms with E-state index in [2.05, 4.69) is 26.2 Å². The number of anilines is 1. The van der Waals surface area contributed by atoms with Gasteiger partial charge in [-0.2, -0.15) is 0 Å². The van der Waals surface area contributed by atoms with Crippen LogP contribution in [0.4, 0.5) is 14.5 Å². The van der Waals surface area contributed by atoms with E-state index in [1.807, 2.05) is 0 Å². The van der Waals surface area contributed by atoms with Gasteiger partial charge in [0.2, 0.25) is 0 Å². The van der Waals surface area contributed by atoms with Crippen molar-refractivity contribution in [3.8, 4) is 0 Å². The molecule has 1 heterocycles. The SMILES string of the molecule is CCC(F)(F)CNc1ccncc1Br. The number of rotatable bonds is 4. The van der Waals surface area contributed by atoms with E-state index in [4.69, 9.17) is 0 Å². The molecule has 1 aromatic rings. The summed E-state index contributed by atoms with van der Waals surface area (Å²) >= 11 is 3.22. The van der Waals surface area contributed by atoms with Crippen molar-refractivity contribution in [2.75, 3.05) is 11.9 Å². The maximum Gasteiger partial charge on any atom is 0.264 e. The highest BCUT2D eigenvalue weighted by atomic mass is 79.9. The zero-order valence-corrected chi connectivity index (χ0v) is 9.31. The minimum atomic E-state index is -2.66. The van der Waals surface area contributed by atoms with Gasteiger partial charge < -0.3 is 5.32 Å². The van der Waals surface area contributed by atoms with Crippen LogP contribution in [0.25, 0.3) is 0 Å². The van der Waals surface area contributed by atoms with Gasteiger partial charge in [-0.1, -0.05) is 6.92 Å². The average molecular weight is 265 g/mol.